The normalized spacial score (nSPS) is 11.2. The SMILES string of the molecule is Cc1csc(N(C(=O)c2ccc(OC(F)(F)F)cc2)c2ccccc2)n1. The van der Waals surface area contributed by atoms with Gasteiger partial charge in [-0.1, -0.05) is 18.2 Å². The van der Waals surface area contributed by atoms with Crippen molar-refractivity contribution in [2.75, 3.05) is 4.90 Å². The lowest BCUT2D eigenvalue weighted by atomic mass is 10.2. The number of anilines is 2. The minimum atomic E-state index is -4.78. The van der Waals surface area contributed by atoms with Crippen LogP contribution in [0.15, 0.2) is 60.0 Å². The molecule has 0 spiro atoms. The average molecular weight is 378 g/mol. The maximum absolute atomic E-state index is 13.0. The molecule has 0 N–H and O–H groups in total. The van der Waals surface area contributed by atoms with E-state index in [-0.39, 0.29) is 11.3 Å². The molecule has 8 heteroatoms. The lowest BCUT2D eigenvalue weighted by Crippen LogP contribution is -2.26. The first-order valence-electron chi connectivity index (χ1n) is 7.51. The van der Waals surface area contributed by atoms with Gasteiger partial charge < -0.3 is 4.74 Å². The molecular weight excluding hydrogens is 365 g/mol. The first kappa shape index (κ1) is 17.9. The molecule has 0 fully saturated rings. The summed E-state index contributed by atoms with van der Waals surface area (Å²) in [6.45, 7) is 1.82. The van der Waals surface area contributed by atoms with Crippen LogP contribution in [0.25, 0.3) is 0 Å². The van der Waals surface area contributed by atoms with Gasteiger partial charge >= 0.3 is 6.36 Å². The summed E-state index contributed by atoms with van der Waals surface area (Å²) in [6.07, 6.45) is -4.78. The minimum Gasteiger partial charge on any atom is -0.406 e. The van der Waals surface area contributed by atoms with Crippen molar-refractivity contribution in [2.24, 2.45) is 0 Å². The number of rotatable bonds is 4. The molecule has 26 heavy (non-hydrogen) atoms. The van der Waals surface area contributed by atoms with E-state index in [9.17, 15) is 18.0 Å². The summed E-state index contributed by atoms with van der Waals surface area (Å²) in [5, 5.41) is 2.30. The first-order chi connectivity index (χ1) is 12.3. The van der Waals surface area contributed by atoms with Crippen LogP contribution in [0, 0.1) is 6.92 Å². The number of aryl methyl sites for hydroxylation is 1. The van der Waals surface area contributed by atoms with Gasteiger partial charge in [-0.25, -0.2) is 4.98 Å². The van der Waals surface area contributed by atoms with Crippen molar-refractivity contribution >= 4 is 28.1 Å². The zero-order chi connectivity index (χ0) is 18.7. The highest BCUT2D eigenvalue weighted by molar-refractivity contribution is 7.14. The number of carbonyl (C=O) groups is 1. The molecule has 1 amide bonds. The zero-order valence-corrected chi connectivity index (χ0v) is 14.3. The van der Waals surface area contributed by atoms with E-state index in [1.807, 2.05) is 18.4 Å². The molecule has 3 rings (SSSR count). The molecule has 0 aliphatic heterocycles. The third kappa shape index (κ3) is 4.20. The smallest absolute Gasteiger partial charge is 0.406 e. The molecule has 0 aliphatic carbocycles. The van der Waals surface area contributed by atoms with Crippen molar-refractivity contribution < 1.29 is 22.7 Å². The third-order valence-corrected chi connectivity index (χ3v) is 4.29. The molecule has 0 radical (unpaired) electrons. The van der Waals surface area contributed by atoms with Crippen LogP contribution < -0.4 is 9.64 Å². The molecule has 3 aromatic rings. The van der Waals surface area contributed by atoms with Crippen molar-refractivity contribution in [1.29, 1.82) is 0 Å². The van der Waals surface area contributed by atoms with E-state index in [4.69, 9.17) is 0 Å². The van der Waals surface area contributed by atoms with Crippen LogP contribution >= 0.6 is 11.3 Å². The number of carbonyl (C=O) groups excluding carboxylic acids is 1. The highest BCUT2D eigenvalue weighted by atomic mass is 32.1. The van der Waals surface area contributed by atoms with Crippen LogP contribution in [0.4, 0.5) is 24.0 Å². The molecular formula is C18H13F3N2O2S. The number of hydrogen-bond acceptors (Lipinski definition) is 4. The molecule has 2 aromatic carbocycles. The molecule has 0 unspecified atom stereocenters. The summed E-state index contributed by atoms with van der Waals surface area (Å²) in [6, 6.07) is 13.7. The summed E-state index contributed by atoms with van der Waals surface area (Å²) in [7, 11) is 0. The highest BCUT2D eigenvalue weighted by Gasteiger charge is 2.31. The Balaban J connectivity index is 1.93. The van der Waals surface area contributed by atoms with Crippen LogP contribution in [0.2, 0.25) is 0 Å². The maximum Gasteiger partial charge on any atom is 0.573 e. The lowest BCUT2D eigenvalue weighted by Gasteiger charge is -2.20. The van der Waals surface area contributed by atoms with Crippen LogP contribution in [0.3, 0.4) is 0 Å². The standard InChI is InChI=1S/C18H13F3N2O2S/c1-12-11-26-17(22-12)23(14-5-3-2-4-6-14)16(24)13-7-9-15(10-8-13)25-18(19,20)21/h2-11H,1H3. The van der Waals surface area contributed by atoms with Crippen molar-refractivity contribution in [1.82, 2.24) is 4.98 Å². The summed E-state index contributed by atoms with van der Waals surface area (Å²) in [5.41, 5.74) is 1.60. The number of aromatic nitrogens is 1. The quantitative estimate of drug-likeness (QED) is 0.616. The number of para-hydroxylation sites is 1. The van der Waals surface area contributed by atoms with Crippen molar-refractivity contribution in [3.05, 3.63) is 71.2 Å². The highest BCUT2D eigenvalue weighted by Crippen LogP contribution is 2.31. The van der Waals surface area contributed by atoms with Crippen LogP contribution in [-0.2, 0) is 0 Å². The second-order valence-corrected chi connectivity index (χ2v) is 6.16. The van der Waals surface area contributed by atoms with Gasteiger partial charge in [-0.2, -0.15) is 0 Å². The second kappa shape index (κ2) is 7.17. The second-order valence-electron chi connectivity index (χ2n) is 5.32. The number of halogens is 3. The van der Waals surface area contributed by atoms with Crippen molar-refractivity contribution in [3.63, 3.8) is 0 Å². The Morgan fingerprint density at radius 2 is 1.73 bits per heavy atom. The predicted octanol–water partition coefficient (Wildman–Crippen LogP) is 5.33. The first-order valence-corrected chi connectivity index (χ1v) is 8.39. The Morgan fingerprint density at radius 3 is 2.27 bits per heavy atom. The fraction of sp³-hybridized carbons (Fsp3) is 0.111. The molecule has 4 nitrogen and oxygen atoms in total. The van der Waals surface area contributed by atoms with Gasteiger partial charge in [-0.3, -0.25) is 9.69 Å². The van der Waals surface area contributed by atoms with Crippen LogP contribution in [0.5, 0.6) is 5.75 Å². The topological polar surface area (TPSA) is 42.4 Å². The molecule has 0 saturated carbocycles. The van der Waals surface area contributed by atoms with E-state index >= 15 is 0 Å². The number of nitrogens with zero attached hydrogens (tertiary/aromatic N) is 2. The molecule has 1 aromatic heterocycles. The summed E-state index contributed by atoms with van der Waals surface area (Å²) in [4.78, 5) is 18.8. The van der Waals surface area contributed by atoms with E-state index in [0.29, 0.717) is 10.8 Å². The van der Waals surface area contributed by atoms with Crippen LogP contribution in [0.1, 0.15) is 16.1 Å². The van der Waals surface area contributed by atoms with Gasteiger partial charge in [0.1, 0.15) is 5.75 Å². The van der Waals surface area contributed by atoms with Crippen molar-refractivity contribution in [2.45, 2.75) is 13.3 Å². The summed E-state index contributed by atoms with van der Waals surface area (Å²) in [5.74, 6) is -0.783. The summed E-state index contributed by atoms with van der Waals surface area (Å²) >= 11 is 1.31. The largest absolute Gasteiger partial charge is 0.573 e. The minimum absolute atomic E-state index is 0.219. The van der Waals surface area contributed by atoms with Gasteiger partial charge in [-0.15, -0.1) is 24.5 Å². The Labute approximate surface area is 151 Å². The Morgan fingerprint density at radius 1 is 1.08 bits per heavy atom. The number of ether oxygens (including phenoxy) is 1. The molecule has 0 aliphatic rings. The van der Waals surface area contributed by atoms with E-state index in [2.05, 4.69) is 9.72 Å². The van der Waals surface area contributed by atoms with Gasteiger partial charge in [0.05, 0.1) is 11.4 Å². The molecule has 0 saturated heterocycles. The number of thiazole rings is 1. The molecule has 0 bridgehead atoms. The zero-order valence-electron chi connectivity index (χ0n) is 13.5. The van der Waals surface area contributed by atoms with Gasteiger partial charge in [0.25, 0.3) is 5.91 Å². The number of benzene rings is 2. The monoisotopic (exact) mass is 378 g/mol. The van der Waals surface area contributed by atoms with Crippen molar-refractivity contribution in [3.8, 4) is 5.75 Å². The molecule has 134 valence electrons. The summed E-state index contributed by atoms with van der Waals surface area (Å²) < 4.78 is 40.6. The fourth-order valence-electron chi connectivity index (χ4n) is 2.26. The lowest BCUT2D eigenvalue weighted by molar-refractivity contribution is -0.274. The Kier molecular flexibility index (Phi) is 4.94. The van der Waals surface area contributed by atoms with Gasteiger partial charge in [0, 0.05) is 10.9 Å². The number of amides is 1. The fourth-order valence-corrected chi connectivity index (χ4v) is 3.08. The third-order valence-electron chi connectivity index (χ3n) is 3.35. The number of alkyl halides is 3. The van der Waals surface area contributed by atoms with Gasteiger partial charge in [-0.05, 0) is 43.3 Å². The molecule has 1 heterocycles. The number of hydrogen-bond donors (Lipinski definition) is 0. The maximum atomic E-state index is 13.0. The van der Waals surface area contributed by atoms with Crippen LogP contribution in [-0.4, -0.2) is 17.3 Å². The van der Waals surface area contributed by atoms with E-state index in [0.717, 1.165) is 17.8 Å². The van der Waals surface area contributed by atoms with Gasteiger partial charge in [0.15, 0.2) is 5.13 Å². The molecule has 0 atom stereocenters. The Bertz CT molecular complexity index is 893. The Hall–Kier alpha value is -2.87. The predicted molar refractivity (Wildman–Crippen MR) is 92.9 cm³/mol. The van der Waals surface area contributed by atoms with E-state index in [1.165, 1.54) is 28.4 Å². The van der Waals surface area contributed by atoms with Gasteiger partial charge in [0.2, 0.25) is 0 Å². The average Bonchev–Trinajstić information content (AvgIpc) is 3.01. The van der Waals surface area contributed by atoms with E-state index < -0.39 is 12.3 Å². The van der Waals surface area contributed by atoms with E-state index in [1.54, 1.807) is 24.3 Å².